The van der Waals surface area contributed by atoms with Gasteiger partial charge in [-0.1, -0.05) is 44.7 Å². The molecule has 14 heavy (non-hydrogen) atoms. The van der Waals surface area contributed by atoms with Gasteiger partial charge in [0, 0.05) is 13.3 Å². The molecule has 0 N–H and O–H groups in total. The average Bonchev–Trinajstić information content (AvgIpc) is 2.18. The van der Waals surface area contributed by atoms with E-state index in [1.54, 1.807) is 7.05 Å². The van der Waals surface area contributed by atoms with Gasteiger partial charge in [-0.15, -0.1) is 0 Å². The van der Waals surface area contributed by atoms with E-state index in [9.17, 15) is 0 Å². The Kier molecular flexibility index (Phi) is 3.63. The zero-order chi connectivity index (χ0) is 10.6. The van der Waals surface area contributed by atoms with Gasteiger partial charge in [0.25, 0.3) is 0 Å². The average molecular weight is 187 g/mol. The molecule has 0 amide bonds. The van der Waals surface area contributed by atoms with E-state index in [4.69, 9.17) is 0 Å². The predicted molar refractivity (Wildman–Crippen MR) is 64.1 cm³/mol. The molecule has 0 unspecified atom stereocenters. The van der Waals surface area contributed by atoms with Crippen LogP contribution in [0.15, 0.2) is 29.8 Å². The number of hydrogen-bond donors (Lipinski definition) is 0. The molecule has 0 aliphatic heterocycles. The lowest BCUT2D eigenvalue weighted by molar-refractivity contribution is 0.866. The van der Waals surface area contributed by atoms with Crippen LogP contribution in [0.3, 0.4) is 0 Å². The highest BCUT2D eigenvalue weighted by Gasteiger charge is 2.02. The van der Waals surface area contributed by atoms with Crippen LogP contribution in [-0.2, 0) is 0 Å². The normalized spacial score (nSPS) is 11.1. The van der Waals surface area contributed by atoms with Crippen LogP contribution in [-0.4, -0.2) is 13.3 Å². The Morgan fingerprint density at radius 2 is 2.00 bits per heavy atom. The standard InChI is InChI=1S/C13H17N/c1-5-11-8-12(10(2)3)6-7-13(11)9-14-4/h5-10H,1H2,2-4H3. The van der Waals surface area contributed by atoms with Gasteiger partial charge in [0.15, 0.2) is 0 Å². The summed E-state index contributed by atoms with van der Waals surface area (Å²) in [5, 5.41) is 0. The number of benzene rings is 1. The fourth-order valence-corrected chi connectivity index (χ4v) is 1.39. The third-order valence-corrected chi connectivity index (χ3v) is 2.27. The first-order chi connectivity index (χ1) is 6.69. The summed E-state index contributed by atoms with van der Waals surface area (Å²) in [5.74, 6) is 0.557. The van der Waals surface area contributed by atoms with Crippen molar-refractivity contribution in [2.75, 3.05) is 7.05 Å². The van der Waals surface area contributed by atoms with E-state index in [0.717, 1.165) is 11.1 Å². The monoisotopic (exact) mass is 187 g/mol. The summed E-state index contributed by atoms with van der Waals surface area (Å²) in [6.07, 6.45) is 3.74. The fraction of sp³-hybridized carbons (Fsp3) is 0.308. The third kappa shape index (κ3) is 2.32. The van der Waals surface area contributed by atoms with E-state index in [-0.39, 0.29) is 0 Å². The van der Waals surface area contributed by atoms with E-state index in [2.05, 4.69) is 43.6 Å². The van der Waals surface area contributed by atoms with E-state index >= 15 is 0 Å². The minimum Gasteiger partial charge on any atom is -0.296 e. The summed E-state index contributed by atoms with van der Waals surface area (Å²) in [5.41, 5.74) is 3.63. The van der Waals surface area contributed by atoms with Gasteiger partial charge in [0.05, 0.1) is 0 Å². The molecule has 0 radical (unpaired) electrons. The summed E-state index contributed by atoms with van der Waals surface area (Å²) in [4.78, 5) is 4.02. The molecule has 1 aromatic carbocycles. The quantitative estimate of drug-likeness (QED) is 0.642. The van der Waals surface area contributed by atoms with Crippen LogP contribution in [0.2, 0.25) is 0 Å². The van der Waals surface area contributed by atoms with Crippen LogP contribution in [0.5, 0.6) is 0 Å². The molecular weight excluding hydrogens is 170 g/mol. The Hall–Kier alpha value is -1.37. The topological polar surface area (TPSA) is 12.4 Å². The smallest absolute Gasteiger partial charge is 0.0287 e. The second-order valence-electron chi connectivity index (χ2n) is 3.63. The van der Waals surface area contributed by atoms with Crippen LogP contribution in [0.1, 0.15) is 36.5 Å². The number of rotatable bonds is 3. The van der Waals surface area contributed by atoms with Crippen LogP contribution in [0.25, 0.3) is 6.08 Å². The van der Waals surface area contributed by atoms with Gasteiger partial charge in [-0.3, -0.25) is 4.99 Å². The van der Waals surface area contributed by atoms with E-state index in [1.165, 1.54) is 5.56 Å². The van der Waals surface area contributed by atoms with Crippen LogP contribution in [0.4, 0.5) is 0 Å². The first-order valence-corrected chi connectivity index (χ1v) is 4.87. The summed E-state index contributed by atoms with van der Waals surface area (Å²) in [6.45, 7) is 8.19. The van der Waals surface area contributed by atoms with Crippen LogP contribution >= 0.6 is 0 Å². The number of aliphatic imine (C=N–C) groups is 1. The molecule has 0 aliphatic rings. The van der Waals surface area contributed by atoms with E-state index in [0.29, 0.717) is 5.92 Å². The molecule has 0 heterocycles. The highest BCUT2D eigenvalue weighted by molar-refractivity contribution is 5.85. The van der Waals surface area contributed by atoms with Gasteiger partial charge < -0.3 is 0 Å². The lowest BCUT2D eigenvalue weighted by Crippen LogP contribution is -1.92. The molecular formula is C13H17N. The van der Waals surface area contributed by atoms with E-state index < -0.39 is 0 Å². The van der Waals surface area contributed by atoms with Gasteiger partial charge in [0.1, 0.15) is 0 Å². The SMILES string of the molecule is C=Cc1cc(C(C)C)ccc1C=NC. The van der Waals surface area contributed by atoms with Gasteiger partial charge >= 0.3 is 0 Å². The first kappa shape index (κ1) is 10.7. The van der Waals surface area contributed by atoms with Crippen molar-refractivity contribution in [3.8, 4) is 0 Å². The molecule has 1 aromatic rings. The zero-order valence-corrected chi connectivity index (χ0v) is 9.12. The van der Waals surface area contributed by atoms with Gasteiger partial charge in [-0.2, -0.15) is 0 Å². The Morgan fingerprint density at radius 3 is 2.50 bits per heavy atom. The molecule has 1 heteroatoms. The fourth-order valence-electron chi connectivity index (χ4n) is 1.39. The highest BCUT2D eigenvalue weighted by atomic mass is 14.6. The first-order valence-electron chi connectivity index (χ1n) is 4.87. The van der Waals surface area contributed by atoms with Crippen LogP contribution in [0, 0.1) is 0 Å². The molecule has 0 saturated carbocycles. The largest absolute Gasteiger partial charge is 0.296 e. The van der Waals surface area contributed by atoms with Crippen molar-refractivity contribution < 1.29 is 0 Å². The Morgan fingerprint density at radius 1 is 1.29 bits per heavy atom. The minimum atomic E-state index is 0.557. The molecule has 0 spiro atoms. The Balaban J connectivity index is 3.17. The maximum Gasteiger partial charge on any atom is 0.0287 e. The predicted octanol–water partition coefficient (Wildman–Crippen LogP) is 3.50. The maximum absolute atomic E-state index is 4.02. The lowest BCUT2D eigenvalue weighted by Gasteiger charge is -2.08. The van der Waals surface area contributed by atoms with Crippen molar-refractivity contribution in [2.24, 2.45) is 4.99 Å². The molecule has 0 atom stereocenters. The van der Waals surface area contributed by atoms with Crippen molar-refractivity contribution in [1.82, 2.24) is 0 Å². The maximum atomic E-state index is 4.02. The molecule has 0 aliphatic carbocycles. The second kappa shape index (κ2) is 4.75. The van der Waals surface area contributed by atoms with Crippen molar-refractivity contribution in [3.05, 3.63) is 41.5 Å². The van der Waals surface area contributed by atoms with Crippen molar-refractivity contribution in [1.29, 1.82) is 0 Å². The zero-order valence-electron chi connectivity index (χ0n) is 9.12. The highest BCUT2D eigenvalue weighted by Crippen LogP contribution is 2.18. The molecule has 1 nitrogen and oxygen atoms in total. The summed E-state index contributed by atoms with van der Waals surface area (Å²) >= 11 is 0. The Labute approximate surface area is 86.2 Å². The summed E-state index contributed by atoms with van der Waals surface area (Å²) < 4.78 is 0. The molecule has 0 bridgehead atoms. The minimum absolute atomic E-state index is 0.557. The molecule has 0 saturated heterocycles. The summed E-state index contributed by atoms with van der Waals surface area (Å²) in [6, 6.07) is 6.42. The van der Waals surface area contributed by atoms with Gasteiger partial charge in [0.2, 0.25) is 0 Å². The molecule has 0 aromatic heterocycles. The number of nitrogens with zero attached hydrogens (tertiary/aromatic N) is 1. The molecule has 1 rings (SSSR count). The lowest BCUT2D eigenvalue weighted by atomic mass is 9.98. The van der Waals surface area contributed by atoms with E-state index in [1.807, 2.05) is 12.3 Å². The van der Waals surface area contributed by atoms with Crippen molar-refractivity contribution in [3.63, 3.8) is 0 Å². The summed E-state index contributed by atoms with van der Waals surface area (Å²) in [7, 11) is 1.78. The molecule has 0 fully saturated rings. The van der Waals surface area contributed by atoms with Gasteiger partial charge in [-0.25, -0.2) is 0 Å². The number of hydrogen-bond acceptors (Lipinski definition) is 1. The van der Waals surface area contributed by atoms with Crippen LogP contribution < -0.4 is 0 Å². The third-order valence-electron chi connectivity index (χ3n) is 2.27. The Bertz CT molecular complexity index is 348. The molecule has 74 valence electrons. The second-order valence-corrected chi connectivity index (χ2v) is 3.63. The van der Waals surface area contributed by atoms with Crippen molar-refractivity contribution in [2.45, 2.75) is 19.8 Å². The van der Waals surface area contributed by atoms with Gasteiger partial charge in [-0.05, 0) is 22.6 Å². The van der Waals surface area contributed by atoms with Crippen molar-refractivity contribution >= 4 is 12.3 Å².